The van der Waals surface area contributed by atoms with Gasteiger partial charge in [0.15, 0.2) is 5.16 Å². The van der Waals surface area contributed by atoms with Gasteiger partial charge in [0.1, 0.15) is 5.82 Å². The molecule has 1 atom stereocenters. The maximum absolute atomic E-state index is 12.8. The lowest BCUT2D eigenvalue weighted by Gasteiger charge is -2.28. The van der Waals surface area contributed by atoms with Crippen molar-refractivity contribution in [3.8, 4) is 0 Å². The zero-order valence-corrected chi connectivity index (χ0v) is 15.3. The molecule has 6 nitrogen and oxygen atoms in total. The number of H-pyrrole nitrogens is 1. The van der Waals surface area contributed by atoms with E-state index in [0.717, 1.165) is 11.1 Å². The fourth-order valence-corrected chi connectivity index (χ4v) is 3.47. The highest BCUT2D eigenvalue weighted by molar-refractivity contribution is 7.98. The average molecular weight is 357 g/mol. The number of methoxy groups -OCH3 is 1. The number of aromatic amines is 1. The molecule has 0 saturated carbocycles. The first-order valence-electron chi connectivity index (χ1n) is 7.77. The largest absolute Gasteiger partial charge is 0.466 e. The van der Waals surface area contributed by atoms with Gasteiger partial charge in [-0.3, -0.25) is 4.79 Å². The summed E-state index contributed by atoms with van der Waals surface area (Å²) in [5.41, 5.74) is 3.12. The van der Waals surface area contributed by atoms with Crippen molar-refractivity contribution in [1.29, 1.82) is 0 Å². The SMILES string of the molecule is COC(=O)C1=C(C)Nc2nc(SC)[nH]c(=O)c2C1c1cccc(C)c1. The van der Waals surface area contributed by atoms with Crippen LogP contribution in [0.15, 0.2) is 45.5 Å². The first-order chi connectivity index (χ1) is 12.0. The number of thioether (sulfide) groups is 1. The van der Waals surface area contributed by atoms with Crippen LogP contribution in [-0.2, 0) is 9.53 Å². The Morgan fingerprint density at radius 3 is 2.72 bits per heavy atom. The Morgan fingerprint density at radius 2 is 2.08 bits per heavy atom. The summed E-state index contributed by atoms with van der Waals surface area (Å²) in [6, 6.07) is 7.76. The molecule has 1 unspecified atom stereocenters. The van der Waals surface area contributed by atoms with Gasteiger partial charge in [0.05, 0.1) is 24.2 Å². The predicted molar refractivity (Wildman–Crippen MR) is 98.0 cm³/mol. The van der Waals surface area contributed by atoms with Crippen LogP contribution in [0.2, 0.25) is 0 Å². The minimum atomic E-state index is -0.532. The number of hydrogen-bond acceptors (Lipinski definition) is 6. The lowest BCUT2D eigenvalue weighted by Crippen LogP contribution is -2.31. The van der Waals surface area contributed by atoms with Gasteiger partial charge in [0.25, 0.3) is 5.56 Å². The fraction of sp³-hybridized carbons (Fsp3) is 0.278. The lowest BCUT2D eigenvalue weighted by atomic mass is 9.82. The molecule has 1 aliphatic heterocycles. The Morgan fingerprint density at radius 1 is 1.32 bits per heavy atom. The first kappa shape index (κ1) is 17.3. The molecule has 0 radical (unpaired) electrons. The number of aryl methyl sites for hydroxylation is 1. The van der Waals surface area contributed by atoms with Gasteiger partial charge >= 0.3 is 5.97 Å². The molecule has 2 aromatic rings. The minimum absolute atomic E-state index is 0.262. The van der Waals surface area contributed by atoms with Gasteiger partial charge in [0.2, 0.25) is 0 Å². The van der Waals surface area contributed by atoms with Crippen molar-refractivity contribution in [2.24, 2.45) is 0 Å². The van der Waals surface area contributed by atoms with Crippen LogP contribution in [0.1, 0.15) is 29.5 Å². The maximum Gasteiger partial charge on any atom is 0.336 e. The maximum atomic E-state index is 12.8. The van der Waals surface area contributed by atoms with E-state index in [1.807, 2.05) is 37.4 Å². The van der Waals surface area contributed by atoms with Gasteiger partial charge in [-0.25, -0.2) is 9.78 Å². The number of esters is 1. The van der Waals surface area contributed by atoms with Crippen LogP contribution in [-0.4, -0.2) is 29.3 Å². The molecule has 0 bridgehead atoms. The number of ether oxygens (including phenoxy) is 1. The van der Waals surface area contributed by atoms with Crippen LogP contribution in [0.4, 0.5) is 5.82 Å². The van der Waals surface area contributed by atoms with E-state index in [2.05, 4.69) is 15.3 Å². The van der Waals surface area contributed by atoms with Crippen molar-refractivity contribution >= 4 is 23.5 Å². The summed E-state index contributed by atoms with van der Waals surface area (Å²) in [6.45, 7) is 3.76. The quantitative estimate of drug-likeness (QED) is 0.499. The molecule has 1 aromatic carbocycles. The first-order valence-corrected chi connectivity index (χ1v) is 8.99. The lowest BCUT2D eigenvalue weighted by molar-refractivity contribution is -0.136. The standard InChI is InChI=1S/C18H19N3O3S/c1-9-6-5-7-11(8-9)13-12(17(23)24-3)10(2)19-15-14(13)16(22)21-18(20-15)25-4/h5-8,13H,1-4H3,(H2,19,20,21,22). The van der Waals surface area contributed by atoms with Gasteiger partial charge in [-0.05, 0) is 25.7 Å². The van der Waals surface area contributed by atoms with E-state index in [0.29, 0.717) is 27.8 Å². The number of nitrogens with zero attached hydrogens (tertiary/aromatic N) is 1. The van der Waals surface area contributed by atoms with Crippen molar-refractivity contribution in [1.82, 2.24) is 9.97 Å². The number of benzene rings is 1. The van der Waals surface area contributed by atoms with E-state index in [9.17, 15) is 9.59 Å². The molecule has 130 valence electrons. The summed E-state index contributed by atoms with van der Waals surface area (Å²) in [6.07, 6.45) is 1.84. The van der Waals surface area contributed by atoms with Crippen LogP contribution in [0.3, 0.4) is 0 Å². The summed E-state index contributed by atoms with van der Waals surface area (Å²) >= 11 is 1.35. The van der Waals surface area contributed by atoms with Gasteiger partial charge in [-0.1, -0.05) is 41.6 Å². The number of nitrogens with one attached hydrogen (secondary N) is 2. The van der Waals surface area contributed by atoms with E-state index in [1.54, 1.807) is 6.92 Å². The van der Waals surface area contributed by atoms with E-state index in [4.69, 9.17) is 4.74 Å². The number of rotatable bonds is 3. The second kappa shape index (κ2) is 6.76. The third-order valence-electron chi connectivity index (χ3n) is 4.19. The highest BCUT2D eigenvalue weighted by Crippen LogP contribution is 2.40. The highest BCUT2D eigenvalue weighted by atomic mass is 32.2. The van der Waals surface area contributed by atoms with Crippen LogP contribution in [0, 0.1) is 6.92 Å². The summed E-state index contributed by atoms with van der Waals surface area (Å²) in [5, 5.41) is 3.61. The average Bonchev–Trinajstić information content (AvgIpc) is 2.59. The van der Waals surface area contributed by atoms with Crippen LogP contribution in [0.25, 0.3) is 0 Å². The molecular formula is C18H19N3O3S. The van der Waals surface area contributed by atoms with Crippen LogP contribution >= 0.6 is 11.8 Å². The van der Waals surface area contributed by atoms with Gasteiger partial charge < -0.3 is 15.0 Å². The number of allylic oxidation sites excluding steroid dienone is 1. The number of carbonyl (C=O) groups excluding carboxylic acids is 1. The second-order valence-corrected chi connectivity index (χ2v) is 6.63. The van der Waals surface area contributed by atoms with E-state index < -0.39 is 11.9 Å². The number of aromatic nitrogens is 2. The summed E-state index contributed by atoms with van der Waals surface area (Å²) < 4.78 is 4.97. The number of fused-ring (bicyclic) bond motifs is 1. The Balaban J connectivity index is 2.30. The predicted octanol–water partition coefficient (Wildman–Crippen LogP) is 2.80. The van der Waals surface area contributed by atoms with Crippen LogP contribution < -0.4 is 10.9 Å². The molecular weight excluding hydrogens is 338 g/mol. The second-order valence-electron chi connectivity index (χ2n) is 5.84. The van der Waals surface area contributed by atoms with Gasteiger partial charge in [-0.2, -0.15) is 0 Å². The molecule has 2 N–H and O–H groups in total. The normalized spacial score (nSPS) is 16.2. The molecule has 3 rings (SSSR count). The number of hydrogen-bond donors (Lipinski definition) is 2. The van der Waals surface area contributed by atoms with Gasteiger partial charge in [0, 0.05) is 5.70 Å². The molecule has 1 aliphatic rings. The van der Waals surface area contributed by atoms with E-state index >= 15 is 0 Å². The third kappa shape index (κ3) is 3.07. The molecule has 0 fully saturated rings. The van der Waals surface area contributed by atoms with Crippen molar-refractivity contribution in [2.75, 3.05) is 18.7 Å². The monoisotopic (exact) mass is 357 g/mol. The van der Waals surface area contributed by atoms with E-state index in [1.165, 1.54) is 18.9 Å². The minimum Gasteiger partial charge on any atom is -0.466 e. The van der Waals surface area contributed by atoms with E-state index in [-0.39, 0.29) is 5.56 Å². The summed E-state index contributed by atoms with van der Waals surface area (Å²) in [5.74, 6) is -0.518. The Labute approximate surface area is 149 Å². The van der Waals surface area contributed by atoms with Crippen molar-refractivity contribution < 1.29 is 9.53 Å². The Hall–Kier alpha value is -2.54. The molecule has 2 heterocycles. The molecule has 0 saturated heterocycles. The van der Waals surface area contributed by atoms with Crippen molar-refractivity contribution in [2.45, 2.75) is 24.9 Å². The Bertz CT molecular complexity index is 933. The molecule has 7 heteroatoms. The molecule has 0 aliphatic carbocycles. The smallest absolute Gasteiger partial charge is 0.336 e. The number of carbonyl (C=O) groups is 1. The summed E-state index contributed by atoms with van der Waals surface area (Å²) in [7, 11) is 1.34. The molecule has 25 heavy (non-hydrogen) atoms. The fourth-order valence-electron chi connectivity index (χ4n) is 3.09. The van der Waals surface area contributed by atoms with Crippen LogP contribution in [0.5, 0.6) is 0 Å². The summed E-state index contributed by atoms with van der Waals surface area (Å²) in [4.78, 5) is 32.4. The third-order valence-corrected chi connectivity index (χ3v) is 4.77. The van der Waals surface area contributed by atoms with Crippen molar-refractivity contribution in [3.05, 3.63) is 62.6 Å². The highest BCUT2D eigenvalue weighted by Gasteiger charge is 2.36. The molecule has 1 aromatic heterocycles. The topological polar surface area (TPSA) is 84.1 Å². The van der Waals surface area contributed by atoms with Crippen molar-refractivity contribution in [3.63, 3.8) is 0 Å². The van der Waals surface area contributed by atoms with Gasteiger partial charge in [-0.15, -0.1) is 0 Å². The molecule has 0 amide bonds. The Kier molecular flexibility index (Phi) is 4.67. The zero-order valence-electron chi connectivity index (χ0n) is 14.5. The number of anilines is 1. The zero-order chi connectivity index (χ0) is 18.1. The molecule has 0 spiro atoms.